The number of nitrogens with one attached hydrogen (secondary N) is 1. The summed E-state index contributed by atoms with van der Waals surface area (Å²) in [4.78, 5) is 10.3. The summed E-state index contributed by atoms with van der Waals surface area (Å²) >= 11 is 1.81. The predicted octanol–water partition coefficient (Wildman–Crippen LogP) is 3.25. The molecule has 128 valence electrons. The van der Waals surface area contributed by atoms with Crippen LogP contribution in [0.5, 0.6) is 0 Å². The average Bonchev–Trinajstić information content (AvgIpc) is 2.52. The van der Waals surface area contributed by atoms with Crippen molar-refractivity contribution < 1.29 is 13.3 Å². The van der Waals surface area contributed by atoms with Crippen molar-refractivity contribution in [3.8, 4) is 0 Å². The summed E-state index contributed by atoms with van der Waals surface area (Å²) < 4.78 is 27.0. The third kappa shape index (κ3) is 5.19. The minimum atomic E-state index is -3.70. The van der Waals surface area contributed by atoms with Gasteiger partial charge in [-0.3, -0.25) is 10.1 Å². The Labute approximate surface area is 141 Å². The van der Waals surface area contributed by atoms with Gasteiger partial charge in [-0.05, 0) is 25.8 Å². The number of hydrogen-bond donors (Lipinski definition) is 1. The smallest absolute Gasteiger partial charge is 0.258 e. The van der Waals surface area contributed by atoms with Gasteiger partial charge < -0.3 is 0 Å². The first kappa shape index (κ1) is 18.2. The Bertz CT molecular complexity index is 655. The molecule has 1 N–H and O–H groups in total. The number of thioether (sulfide) groups is 1. The van der Waals surface area contributed by atoms with Gasteiger partial charge in [0.25, 0.3) is 5.69 Å². The molecule has 1 fully saturated rings. The van der Waals surface area contributed by atoms with Gasteiger partial charge in [-0.15, -0.1) is 0 Å². The topological polar surface area (TPSA) is 89.3 Å². The van der Waals surface area contributed by atoms with E-state index < -0.39 is 14.9 Å². The molecule has 0 bridgehead atoms. The van der Waals surface area contributed by atoms with Crippen LogP contribution in [-0.4, -0.2) is 30.9 Å². The maximum Gasteiger partial charge on any atom is 0.273 e. The summed E-state index contributed by atoms with van der Waals surface area (Å²) in [5, 5.41) is 11.6. The molecule has 1 aliphatic rings. The fourth-order valence-corrected chi connectivity index (χ4v) is 5.07. The van der Waals surface area contributed by atoms with E-state index in [1.54, 1.807) is 6.92 Å². The number of nitro groups is 1. The van der Waals surface area contributed by atoms with Crippen LogP contribution in [0.1, 0.15) is 37.7 Å². The third-order valence-corrected chi connectivity index (χ3v) is 6.83. The largest absolute Gasteiger partial charge is 0.273 e. The highest BCUT2D eigenvalue weighted by atomic mass is 32.2. The standard InChI is InChI=1S/C15H22N2O4S2/c1-12-7-8-14(11-15(12)17(18)19)23(20,21)16-9-10-22-13-5-3-2-4-6-13/h7-8,11,13,16H,2-6,9-10H2,1H3. The third-order valence-electron chi connectivity index (χ3n) is 3.99. The zero-order valence-corrected chi connectivity index (χ0v) is 14.8. The maximum absolute atomic E-state index is 12.2. The zero-order chi connectivity index (χ0) is 16.9. The van der Waals surface area contributed by atoms with Crippen molar-refractivity contribution in [2.45, 2.75) is 49.2 Å². The van der Waals surface area contributed by atoms with Gasteiger partial charge >= 0.3 is 0 Å². The molecule has 23 heavy (non-hydrogen) atoms. The first-order chi connectivity index (χ1) is 10.9. The first-order valence-corrected chi connectivity index (χ1v) is 10.3. The van der Waals surface area contributed by atoms with Gasteiger partial charge in [0.05, 0.1) is 9.82 Å². The lowest BCUT2D eigenvalue weighted by Gasteiger charge is -2.20. The number of aryl methyl sites for hydroxylation is 1. The van der Waals surface area contributed by atoms with E-state index in [4.69, 9.17) is 0 Å². The number of benzene rings is 1. The van der Waals surface area contributed by atoms with Crippen molar-refractivity contribution in [3.63, 3.8) is 0 Å². The van der Waals surface area contributed by atoms with Gasteiger partial charge in [0.1, 0.15) is 0 Å². The van der Waals surface area contributed by atoms with Crippen LogP contribution in [0.4, 0.5) is 5.69 Å². The second-order valence-corrected chi connectivity index (χ2v) is 8.91. The Kier molecular flexibility index (Phi) is 6.43. The Balaban J connectivity index is 1.91. The van der Waals surface area contributed by atoms with Crippen LogP contribution in [0, 0.1) is 17.0 Å². The van der Waals surface area contributed by atoms with E-state index in [1.165, 1.54) is 44.2 Å². The van der Waals surface area contributed by atoms with Gasteiger partial charge in [-0.2, -0.15) is 11.8 Å². The minimum absolute atomic E-state index is 0.0579. The molecule has 0 saturated heterocycles. The van der Waals surface area contributed by atoms with E-state index in [0.717, 1.165) is 11.8 Å². The minimum Gasteiger partial charge on any atom is -0.258 e. The van der Waals surface area contributed by atoms with Gasteiger partial charge in [0, 0.05) is 29.2 Å². The number of nitro benzene ring substituents is 1. The highest BCUT2D eigenvalue weighted by molar-refractivity contribution is 8.00. The SMILES string of the molecule is Cc1ccc(S(=O)(=O)NCCSC2CCCCC2)cc1[N+](=O)[O-]. The second kappa shape index (κ2) is 8.12. The molecular formula is C15H22N2O4S2. The molecule has 1 aromatic rings. The van der Waals surface area contributed by atoms with Crippen molar-refractivity contribution in [2.75, 3.05) is 12.3 Å². The molecule has 2 rings (SSSR count). The Morgan fingerprint density at radius 1 is 1.30 bits per heavy atom. The van der Waals surface area contributed by atoms with E-state index in [0.29, 0.717) is 17.4 Å². The normalized spacial score (nSPS) is 16.4. The number of sulfonamides is 1. The lowest BCUT2D eigenvalue weighted by Crippen LogP contribution is -2.26. The molecule has 0 unspecified atom stereocenters. The molecular weight excluding hydrogens is 336 g/mol. The summed E-state index contributed by atoms with van der Waals surface area (Å²) in [5.74, 6) is 0.720. The van der Waals surface area contributed by atoms with E-state index in [1.807, 2.05) is 11.8 Å². The van der Waals surface area contributed by atoms with Crippen LogP contribution < -0.4 is 4.72 Å². The van der Waals surface area contributed by atoms with E-state index in [-0.39, 0.29) is 10.6 Å². The summed E-state index contributed by atoms with van der Waals surface area (Å²) in [6, 6.07) is 3.98. The van der Waals surface area contributed by atoms with Crippen molar-refractivity contribution in [2.24, 2.45) is 0 Å². The average molecular weight is 358 g/mol. The zero-order valence-electron chi connectivity index (χ0n) is 13.2. The van der Waals surface area contributed by atoms with Crippen molar-refractivity contribution in [1.29, 1.82) is 0 Å². The van der Waals surface area contributed by atoms with Gasteiger partial charge in [0.15, 0.2) is 0 Å². The fourth-order valence-electron chi connectivity index (χ4n) is 2.67. The molecule has 0 atom stereocenters. The molecule has 6 nitrogen and oxygen atoms in total. The van der Waals surface area contributed by atoms with E-state index in [9.17, 15) is 18.5 Å². The lowest BCUT2D eigenvalue weighted by atomic mass is 10.0. The number of rotatable bonds is 7. The van der Waals surface area contributed by atoms with Gasteiger partial charge in [-0.25, -0.2) is 13.1 Å². The van der Waals surface area contributed by atoms with Crippen LogP contribution in [0.2, 0.25) is 0 Å². The summed E-state index contributed by atoms with van der Waals surface area (Å²) in [5.41, 5.74) is 0.270. The molecule has 1 aliphatic carbocycles. The monoisotopic (exact) mass is 358 g/mol. The van der Waals surface area contributed by atoms with E-state index in [2.05, 4.69) is 4.72 Å². The van der Waals surface area contributed by atoms with Crippen molar-refractivity contribution in [1.82, 2.24) is 4.72 Å². The molecule has 0 amide bonds. The second-order valence-electron chi connectivity index (χ2n) is 5.73. The molecule has 0 heterocycles. The van der Waals surface area contributed by atoms with Crippen LogP contribution in [0.25, 0.3) is 0 Å². The summed E-state index contributed by atoms with van der Waals surface area (Å²) in [6.45, 7) is 1.92. The van der Waals surface area contributed by atoms with Crippen molar-refractivity contribution >= 4 is 27.5 Å². The summed E-state index contributed by atoms with van der Waals surface area (Å²) in [6.07, 6.45) is 6.24. The highest BCUT2D eigenvalue weighted by Gasteiger charge is 2.20. The maximum atomic E-state index is 12.2. The molecule has 1 saturated carbocycles. The van der Waals surface area contributed by atoms with Crippen LogP contribution >= 0.6 is 11.8 Å². The number of hydrogen-bond acceptors (Lipinski definition) is 5. The van der Waals surface area contributed by atoms with Gasteiger partial charge in [0.2, 0.25) is 10.0 Å². The predicted molar refractivity (Wildman–Crippen MR) is 92.4 cm³/mol. The number of nitrogens with zero attached hydrogens (tertiary/aromatic N) is 1. The Morgan fingerprint density at radius 3 is 2.65 bits per heavy atom. The van der Waals surface area contributed by atoms with Crippen LogP contribution in [-0.2, 0) is 10.0 Å². The fraction of sp³-hybridized carbons (Fsp3) is 0.600. The molecule has 0 radical (unpaired) electrons. The van der Waals surface area contributed by atoms with Crippen molar-refractivity contribution in [3.05, 3.63) is 33.9 Å². The molecule has 0 aromatic heterocycles. The van der Waals surface area contributed by atoms with E-state index >= 15 is 0 Å². The van der Waals surface area contributed by atoms with Crippen LogP contribution in [0.3, 0.4) is 0 Å². The highest BCUT2D eigenvalue weighted by Crippen LogP contribution is 2.28. The molecule has 0 spiro atoms. The first-order valence-electron chi connectivity index (χ1n) is 7.76. The lowest BCUT2D eigenvalue weighted by molar-refractivity contribution is -0.385. The molecule has 1 aromatic carbocycles. The molecule has 0 aliphatic heterocycles. The quantitative estimate of drug-likeness (QED) is 0.459. The Morgan fingerprint density at radius 2 is 2.00 bits per heavy atom. The Hall–Kier alpha value is -1.12. The van der Waals surface area contributed by atoms with Crippen LogP contribution in [0.15, 0.2) is 23.1 Å². The molecule has 8 heteroatoms. The summed E-state index contributed by atoms with van der Waals surface area (Å²) in [7, 11) is -3.70. The van der Waals surface area contributed by atoms with Gasteiger partial charge in [-0.1, -0.05) is 25.3 Å².